The summed E-state index contributed by atoms with van der Waals surface area (Å²) in [7, 11) is 0. The second-order valence-electron chi connectivity index (χ2n) is 6.53. The molecule has 1 aromatic heterocycles. The second kappa shape index (κ2) is 6.51. The molecule has 3 aromatic rings. The van der Waals surface area contributed by atoms with E-state index < -0.39 is 11.9 Å². The molecule has 2 heterocycles. The number of aliphatic hydroxyl groups is 1. The monoisotopic (exact) mass is 367 g/mol. The molecule has 0 spiro atoms. The van der Waals surface area contributed by atoms with Gasteiger partial charge in [-0.05, 0) is 25.1 Å². The number of hydrogen-bond acceptors (Lipinski definition) is 4. The van der Waals surface area contributed by atoms with Gasteiger partial charge in [-0.2, -0.15) is 5.10 Å². The third kappa shape index (κ3) is 2.67. The van der Waals surface area contributed by atoms with E-state index in [0.717, 1.165) is 5.56 Å². The van der Waals surface area contributed by atoms with Crippen molar-refractivity contribution in [3.63, 3.8) is 0 Å². The van der Waals surface area contributed by atoms with Crippen LogP contribution in [0.15, 0.2) is 42.5 Å². The lowest BCUT2D eigenvalue weighted by Gasteiger charge is -2.26. The molecule has 6 nitrogen and oxygen atoms in total. The van der Waals surface area contributed by atoms with Crippen molar-refractivity contribution in [3.8, 4) is 17.0 Å². The molecular weight excluding hydrogens is 349 g/mol. The van der Waals surface area contributed by atoms with E-state index in [2.05, 4.69) is 10.2 Å². The number of carbonyl (C=O) groups is 1. The van der Waals surface area contributed by atoms with Crippen LogP contribution in [0.2, 0.25) is 0 Å². The van der Waals surface area contributed by atoms with Crippen molar-refractivity contribution in [1.29, 1.82) is 0 Å². The first-order valence-corrected chi connectivity index (χ1v) is 8.57. The Kier molecular flexibility index (Phi) is 4.16. The average molecular weight is 367 g/mol. The topological polar surface area (TPSA) is 89.5 Å². The van der Waals surface area contributed by atoms with Crippen LogP contribution in [0.3, 0.4) is 0 Å². The van der Waals surface area contributed by atoms with E-state index in [9.17, 15) is 19.4 Å². The molecule has 0 saturated carbocycles. The number of amides is 1. The van der Waals surface area contributed by atoms with Gasteiger partial charge in [0.25, 0.3) is 5.91 Å². The maximum atomic E-state index is 14.6. The van der Waals surface area contributed by atoms with Crippen molar-refractivity contribution >= 4 is 5.91 Å². The van der Waals surface area contributed by atoms with Gasteiger partial charge < -0.3 is 15.1 Å². The standard InChI is InChI=1S/C20H18FN3O3/c1-11-6-7-15(26)13(10-11)17-16-18(23-22-17)20(27)24(8-9-25)19(16)12-4-2-3-5-14(12)21/h2-7,10,19,25-26H,8-9H2,1H3,(H,22,23)/t19-/m0/s1. The molecule has 0 saturated heterocycles. The first-order valence-electron chi connectivity index (χ1n) is 8.57. The summed E-state index contributed by atoms with van der Waals surface area (Å²) in [6.07, 6.45) is 0. The van der Waals surface area contributed by atoms with Crippen LogP contribution in [0, 0.1) is 12.7 Å². The number of H-pyrrole nitrogens is 1. The number of aromatic nitrogens is 2. The molecule has 0 unspecified atom stereocenters. The zero-order chi connectivity index (χ0) is 19.1. The molecule has 0 aliphatic carbocycles. The van der Waals surface area contributed by atoms with Gasteiger partial charge >= 0.3 is 0 Å². The number of benzene rings is 2. The number of carbonyl (C=O) groups excluding carboxylic acids is 1. The number of aliphatic hydroxyl groups excluding tert-OH is 1. The molecular formula is C20H18FN3O3. The minimum Gasteiger partial charge on any atom is -0.507 e. The Labute approximate surface area is 154 Å². The summed E-state index contributed by atoms with van der Waals surface area (Å²) in [5.41, 5.74) is 2.83. The summed E-state index contributed by atoms with van der Waals surface area (Å²) in [5.74, 6) is -0.792. The van der Waals surface area contributed by atoms with Gasteiger partial charge in [0, 0.05) is 23.2 Å². The van der Waals surface area contributed by atoms with Crippen LogP contribution >= 0.6 is 0 Å². The number of nitrogens with one attached hydrogen (secondary N) is 1. The van der Waals surface area contributed by atoms with Gasteiger partial charge in [0.1, 0.15) is 23.0 Å². The van der Waals surface area contributed by atoms with Crippen LogP contribution in [0.4, 0.5) is 4.39 Å². The second-order valence-corrected chi connectivity index (χ2v) is 6.53. The van der Waals surface area contributed by atoms with E-state index in [4.69, 9.17) is 0 Å². The third-order valence-electron chi connectivity index (χ3n) is 4.81. The number of halogens is 1. The molecule has 7 heteroatoms. The predicted octanol–water partition coefficient (Wildman–Crippen LogP) is 2.77. The summed E-state index contributed by atoms with van der Waals surface area (Å²) >= 11 is 0. The lowest BCUT2D eigenvalue weighted by molar-refractivity contribution is 0.0704. The van der Waals surface area contributed by atoms with Crippen molar-refractivity contribution in [1.82, 2.24) is 15.1 Å². The first kappa shape index (κ1) is 17.2. The van der Waals surface area contributed by atoms with Crippen LogP contribution in [-0.4, -0.2) is 44.4 Å². The highest BCUT2D eigenvalue weighted by Crippen LogP contribution is 2.44. The zero-order valence-corrected chi connectivity index (χ0v) is 14.6. The highest BCUT2D eigenvalue weighted by atomic mass is 19.1. The highest BCUT2D eigenvalue weighted by Gasteiger charge is 2.43. The maximum absolute atomic E-state index is 14.6. The summed E-state index contributed by atoms with van der Waals surface area (Å²) < 4.78 is 14.6. The molecule has 1 aliphatic rings. The van der Waals surface area contributed by atoms with Crippen molar-refractivity contribution in [2.24, 2.45) is 0 Å². The third-order valence-corrected chi connectivity index (χ3v) is 4.81. The minimum absolute atomic E-state index is 0.0234. The number of rotatable bonds is 4. The smallest absolute Gasteiger partial charge is 0.273 e. The number of β-amino-alcohol motifs (C(OH)–C–C–N with tert-alkyl or cyclic N) is 1. The number of phenolic OH excluding ortho intramolecular Hbond substituents is 1. The van der Waals surface area contributed by atoms with Gasteiger partial charge in [-0.25, -0.2) is 4.39 Å². The highest BCUT2D eigenvalue weighted by molar-refractivity contribution is 6.00. The zero-order valence-electron chi connectivity index (χ0n) is 14.6. The van der Waals surface area contributed by atoms with Crippen LogP contribution in [-0.2, 0) is 0 Å². The normalized spacial score (nSPS) is 16.0. The van der Waals surface area contributed by atoms with Crippen molar-refractivity contribution < 1.29 is 19.4 Å². The van der Waals surface area contributed by atoms with Gasteiger partial charge in [-0.3, -0.25) is 9.89 Å². The largest absolute Gasteiger partial charge is 0.507 e. The molecule has 1 atom stereocenters. The minimum atomic E-state index is -0.741. The van der Waals surface area contributed by atoms with E-state index in [1.807, 2.05) is 6.92 Å². The fourth-order valence-electron chi connectivity index (χ4n) is 3.60. The number of aromatic amines is 1. The Morgan fingerprint density at radius 1 is 1.26 bits per heavy atom. The number of fused-ring (bicyclic) bond motifs is 1. The van der Waals surface area contributed by atoms with Gasteiger partial charge in [0.15, 0.2) is 0 Å². The van der Waals surface area contributed by atoms with Gasteiger partial charge in [-0.1, -0.05) is 29.8 Å². The van der Waals surface area contributed by atoms with Gasteiger partial charge in [0.2, 0.25) is 0 Å². The van der Waals surface area contributed by atoms with E-state index in [1.54, 1.807) is 36.4 Å². The van der Waals surface area contributed by atoms with Crippen molar-refractivity contribution in [3.05, 3.63) is 70.7 Å². The van der Waals surface area contributed by atoms with Crippen LogP contribution < -0.4 is 0 Å². The molecule has 1 aliphatic heterocycles. The number of phenols is 1. The molecule has 0 radical (unpaired) electrons. The molecule has 4 rings (SSSR count). The summed E-state index contributed by atoms with van der Waals surface area (Å²) in [6, 6.07) is 10.6. The summed E-state index contributed by atoms with van der Waals surface area (Å²) in [5, 5.41) is 26.7. The number of aryl methyl sites for hydroxylation is 1. The SMILES string of the molecule is Cc1ccc(O)c(-c2n[nH]c3c2[C@H](c2ccccc2F)N(CCO)C3=O)c1. The Hall–Kier alpha value is -3.19. The number of hydrogen-bond donors (Lipinski definition) is 3. The molecule has 1 amide bonds. The molecule has 0 bridgehead atoms. The van der Waals surface area contributed by atoms with E-state index >= 15 is 0 Å². The number of nitrogens with zero attached hydrogens (tertiary/aromatic N) is 2. The van der Waals surface area contributed by atoms with Crippen molar-refractivity contribution in [2.75, 3.05) is 13.2 Å². The van der Waals surface area contributed by atoms with E-state index in [1.165, 1.54) is 11.0 Å². The first-order chi connectivity index (χ1) is 13.0. The Morgan fingerprint density at radius 2 is 2.04 bits per heavy atom. The predicted molar refractivity (Wildman–Crippen MR) is 96.8 cm³/mol. The fraction of sp³-hybridized carbons (Fsp3) is 0.200. The molecule has 2 aromatic carbocycles. The molecule has 0 fully saturated rings. The molecule has 138 valence electrons. The van der Waals surface area contributed by atoms with E-state index in [0.29, 0.717) is 22.4 Å². The number of aromatic hydroxyl groups is 1. The Balaban J connectivity index is 1.96. The maximum Gasteiger partial charge on any atom is 0.273 e. The van der Waals surface area contributed by atoms with Gasteiger partial charge in [-0.15, -0.1) is 0 Å². The van der Waals surface area contributed by atoms with Crippen molar-refractivity contribution in [2.45, 2.75) is 13.0 Å². The summed E-state index contributed by atoms with van der Waals surface area (Å²) in [6.45, 7) is 1.69. The fourth-order valence-corrected chi connectivity index (χ4v) is 3.60. The van der Waals surface area contributed by atoms with Crippen LogP contribution in [0.1, 0.15) is 33.2 Å². The van der Waals surface area contributed by atoms with E-state index in [-0.39, 0.29) is 30.5 Å². The average Bonchev–Trinajstić information content (AvgIpc) is 3.18. The van der Waals surface area contributed by atoms with Crippen LogP contribution in [0.5, 0.6) is 5.75 Å². The van der Waals surface area contributed by atoms with Crippen LogP contribution in [0.25, 0.3) is 11.3 Å². The lowest BCUT2D eigenvalue weighted by atomic mass is 9.95. The van der Waals surface area contributed by atoms with Gasteiger partial charge in [0.05, 0.1) is 12.6 Å². The molecule has 27 heavy (non-hydrogen) atoms. The quantitative estimate of drug-likeness (QED) is 0.661. The summed E-state index contributed by atoms with van der Waals surface area (Å²) in [4.78, 5) is 14.3. The molecule has 3 N–H and O–H groups in total. The Bertz CT molecular complexity index is 1030. The Morgan fingerprint density at radius 3 is 2.78 bits per heavy atom. The lowest BCUT2D eigenvalue weighted by Crippen LogP contribution is -2.32.